The maximum atomic E-state index is 12.6. The molecular weight excluding hydrogens is 264 g/mol. The predicted molar refractivity (Wildman–Crippen MR) is 81.6 cm³/mol. The normalized spacial score (nSPS) is 28.4. The predicted octanol–water partition coefficient (Wildman–Crippen LogP) is 2.47. The molecule has 0 radical (unpaired) electrons. The Morgan fingerprint density at radius 2 is 1.71 bits per heavy atom. The minimum absolute atomic E-state index is 0.0933. The monoisotopic (exact) mass is 292 g/mol. The van der Waals surface area contributed by atoms with Gasteiger partial charge in [0.1, 0.15) is 6.04 Å². The molecular formula is C17H28N2O2. The molecule has 2 saturated carbocycles. The Kier molecular flexibility index (Phi) is 4.51. The number of carbonyl (C=O) groups is 2. The zero-order valence-corrected chi connectivity index (χ0v) is 13.1. The van der Waals surface area contributed by atoms with Crippen molar-refractivity contribution in [2.75, 3.05) is 6.54 Å². The van der Waals surface area contributed by atoms with Gasteiger partial charge in [-0.2, -0.15) is 0 Å². The van der Waals surface area contributed by atoms with E-state index in [-0.39, 0.29) is 23.8 Å². The molecule has 0 aromatic heterocycles. The van der Waals surface area contributed by atoms with E-state index in [1.54, 1.807) is 0 Å². The first-order valence-corrected chi connectivity index (χ1v) is 8.77. The third kappa shape index (κ3) is 3.41. The summed E-state index contributed by atoms with van der Waals surface area (Å²) in [4.78, 5) is 27.0. The van der Waals surface area contributed by atoms with Crippen LogP contribution in [-0.4, -0.2) is 35.3 Å². The fourth-order valence-electron chi connectivity index (χ4n) is 3.91. The highest BCUT2D eigenvalue weighted by Crippen LogP contribution is 2.38. The van der Waals surface area contributed by atoms with Crippen LogP contribution in [0.25, 0.3) is 0 Å². The summed E-state index contributed by atoms with van der Waals surface area (Å²) < 4.78 is 0. The molecule has 3 aliphatic rings. The van der Waals surface area contributed by atoms with Gasteiger partial charge in [0, 0.05) is 18.5 Å². The number of hydrogen-bond donors (Lipinski definition) is 1. The summed E-state index contributed by atoms with van der Waals surface area (Å²) in [6.45, 7) is 2.80. The summed E-state index contributed by atoms with van der Waals surface area (Å²) in [7, 11) is 0. The van der Waals surface area contributed by atoms with E-state index >= 15 is 0 Å². The van der Waals surface area contributed by atoms with Crippen molar-refractivity contribution in [2.45, 2.75) is 76.8 Å². The number of hydrogen-bond acceptors (Lipinski definition) is 2. The highest BCUT2D eigenvalue weighted by Gasteiger charge is 2.40. The van der Waals surface area contributed by atoms with E-state index in [9.17, 15) is 9.59 Å². The van der Waals surface area contributed by atoms with Crippen LogP contribution in [0.4, 0.5) is 0 Å². The van der Waals surface area contributed by atoms with Crippen molar-refractivity contribution >= 4 is 11.8 Å². The Balaban J connectivity index is 1.57. The molecule has 118 valence electrons. The van der Waals surface area contributed by atoms with Gasteiger partial charge in [0.25, 0.3) is 0 Å². The average molecular weight is 292 g/mol. The van der Waals surface area contributed by atoms with E-state index in [4.69, 9.17) is 0 Å². The van der Waals surface area contributed by atoms with E-state index < -0.39 is 0 Å². The third-order valence-corrected chi connectivity index (χ3v) is 5.51. The van der Waals surface area contributed by atoms with E-state index in [1.807, 2.05) is 11.8 Å². The van der Waals surface area contributed by atoms with Gasteiger partial charge in [-0.3, -0.25) is 9.59 Å². The van der Waals surface area contributed by atoms with Gasteiger partial charge in [0.2, 0.25) is 11.8 Å². The summed E-state index contributed by atoms with van der Waals surface area (Å²) in [6, 6.07) is 0.130. The Bertz CT molecular complexity index is 400. The zero-order chi connectivity index (χ0) is 14.8. The van der Waals surface area contributed by atoms with E-state index in [1.165, 1.54) is 32.1 Å². The molecule has 4 nitrogen and oxygen atoms in total. The minimum atomic E-state index is -0.208. The fourth-order valence-corrected chi connectivity index (χ4v) is 3.91. The molecule has 1 saturated heterocycles. The molecule has 0 aromatic carbocycles. The van der Waals surface area contributed by atoms with Gasteiger partial charge in [0.05, 0.1) is 0 Å². The number of amides is 2. The van der Waals surface area contributed by atoms with Gasteiger partial charge in [-0.15, -0.1) is 0 Å². The van der Waals surface area contributed by atoms with E-state index in [0.29, 0.717) is 12.0 Å². The standard InChI is InChI=1S/C17H28N2O2/c1-12(13-9-10-13)17(21)19-11-5-8-15(19)16(20)18-14-6-3-2-4-7-14/h12-15H,2-11H2,1H3,(H,18,20). The molecule has 2 unspecified atom stereocenters. The van der Waals surface area contributed by atoms with E-state index in [2.05, 4.69) is 5.32 Å². The van der Waals surface area contributed by atoms with Crippen LogP contribution in [0, 0.1) is 11.8 Å². The SMILES string of the molecule is CC(C(=O)N1CCCC1C(=O)NC1CCCCC1)C1CC1. The van der Waals surface area contributed by atoms with E-state index in [0.717, 1.165) is 32.2 Å². The van der Waals surface area contributed by atoms with Crippen molar-refractivity contribution < 1.29 is 9.59 Å². The summed E-state index contributed by atoms with van der Waals surface area (Å²) in [6.07, 6.45) is 10.1. The largest absolute Gasteiger partial charge is 0.352 e. The van der Waals surface area contributed by atoms with Crippen molar-refractivity contribution in [1.82, 2.24) is 10.2 Å². The number of likely N-dealkylation sites (tertiary alicyclic amines) is 1. The average Bonchev–Trinajstić information content (AvgIpc) is 3.23. The van der Waals surface area contributed by atoms with Crippen LogP contribution in [0.15, 0.2) is 0 Å². The van der Waals surface area contributed by atoms with Crippen LogP contribution in [0.5, 0.6) is 0 Å². The second-order valence-corrected chi connectivity index (χ2v) is 7.16. The van der Waals surface area contributed by atoms with Crippen molar-refractivity contribution in [3.63, 3.8) is 0 Å². The Hall–Kier alpha value is -1.06. The molecule has 3 rings (SSSR count). The first-order chi connectivity index (χ1) is 10.2. The van der Waals surface area contributed by atoms with Crippen molar-refractivity contribution in [3.8, 4) is 0 Å². The fraction of sp³-hybridized carbons (Fsp3) is 0.882. The van der Waals surface area contributed by atoms with Crippen molar-refractivity contribution in [1.29, 1.82) is 0 Å². The molecule has 0 aromatic rings. The van der Waals surface area contributed by atoms with Crippen molar-refractivity contribution in [3.05, 3.63) is 0 Å². The molecule has 0 bridgehead atoms. The molecule has 1 N–H and O–H groups in total. The van der Waals surface area contributed by atoms with Crippen LogP contribution >= 0.6 is 0 Å². The Morgan fingerprint density at radius 1 is 1.00 bits per heavy atom. The second-order valence-electron chi connectivity index (χ2n) is 7.16. The van der Waals surface area contributed by atoms with Gasteiger partial charge >= 0.3 is 0 Å². The molecule has 1 aliphatic heterocycles. The van der Waals surface area contributed by atoms with Gasteiger partial charge in [-0.1, -0.05) is 26.2 Å². The van der Waals surface area contributed by atoms with Crippen LogP contribution < -0.4 is 5.32 Å². The number of carbonyl (C=O) groups excluding carboxylic acids is 2. The van der Waals surface area contributed by atoms with Gasteiger partial charge < -0.3 is 10.2 Å². The molecule has 1 heterocycles. The topological polar surface area (TPSA) is 49.4 Å². The highest BCUT2D eigenvalue weighted by molar-refractivity contribution is 5.89. The summed E-state index contributed by atoms with van der Waals surface area (Å²) in [5.74, 6) is 0.975. The van der Waals surface area contributed by atoms with Gasteiger partial charge in [-0.05, 0) is 44.4 Å². The van der Waals surface area contributed by atoms with Crippen LogP contribution in [0.3, 0.4) is 0 Å². The lowest BCUT2D eigenvalue weighted by Crippen LogP contribution is -2.50. The molecule has 2 amide bonds. The van der Waals surface area contributed by atoms with Crippen LogP contribution in [0.1, 0.15) is 64.7 Å². The Morgan fingerprint density at radius 3 is 2.38 bits per heavy atom. The molecule has 4 heteroatoms. The number of rotatable bonds is 4. The second kappa shape index (κ2) is 6.37. The molecule has 21 heavy (non-hydrogen) atoms. The van der Waals surface area contributed by atoms with Crippen LogP contribution in [-0.2, 0) is 9.59 Å². The molecule has 0 spiro atoms. The number of nitrogens with zero attached hydrogens (tertiary/aromatic N) is 1. The maximum absolute atomic E-state index is 12.6. The highest BCUT2D eigenvalue weighted by atomic mass is 16.2. The summed E-state index contributed by atoms with van der Waals surface area (Å²) in [5.41, 5.74) is 0. The van der Waals surface area contributed by atoms with Crippen LogP contribution in [0.2, 0.25) is 0 Å². The Labute approximate surface area is 127 Å². The summed E-state index contributed by atoms with van der Waals surface area (Å²) in [5, 5.41) is 3.20. The zero-order valence-electron chi connectivity index (χ0n) is 13.1. The third-order valence-electron chi connectivity index (χ3n) is 5.51. The smallest absolute Gasteiger partial charge is 0.243 e. The summed E-state index contributed by atoms with van der Waals surface area (Å²) >= 11 is 0. The van der Waals surface area contributed by atoms with Crippen molar-refractivity contribution in [2.24, 2.45) is 11.8 Å². The molecule has 3 fully saturated rings. The first-order valence-electron chi connectivity index (χ1n) is 8.77. The van der Waals surface area contributed by atoms with Gasteiger partial charge in [-0.25, -0.2) is 0 Å². The lowest BCUT2D eigenvalue weighted by molar-refractivity contribution is -0.142. The molecule has 2 atom stereocenters. The lowest BCUT2D eigenvalue weighted by Gasteiger charge is -2.29. The first kappa shape index (κ1) is 14.9. The van der Waals surface area contributed by atoms with Gasteiger partial charge in [0.15, 0.2) is 0 Å². The minimum Gasteiger partial charge on any atom is -0.352 e. The quantitative estimate of drug-likeness (QED) is 0.865. The number of nitrogens with one attached hydrogen (secondary N) is 1. The molecule has 2 aliphatic carbocycles. The lowest BCUT2D eigenvalue weighted by atomic mass is 9.95. The maximum Gasteiger partial charge on any atom is 0.243 e.